The minimum atomic E-state index is -4.84. The van der Waals surface area contributed by atoms with Crippen molar-refractivity contribution in [3.8, 4) is 0 Å². The maximum atomic E-state index is 14.0. The summed E-state index contributed by atoms with van der Waals surface area (Å²) in [5.41, 5.74) is -2.15. The minimum absolute atomic E-state index is 0.184. The van der Waals surface area contributed by atoms with E-state index >= 15 is 0 Å². The van der Waals surface area contributed by atoms with Crippen molar-refractivity contribution >= 4 is 62.3 Å². The highest BCUT2D eigenvalue weighted by molar-refractivity contribution is 7.92. The third-order valence-corrected chi connectivity index (χ3v) is 9.01. The summed E-state index contributed by atoms with van der Waals surface area (Å²) in [6, 6.07) is 12.5. The van der Waals surface area contributed by atoms with E-state index in [0.717, 1.165) is 11.0 Å². The number of carbonyl (C=O) groups excluding carboxylic acids is 2. The number of hydrogen-bond acceptors (Lipinski definition) is 4. The lowest BCUT2D eigenvalue weighted by molar-refractivity contribution is -0.140. The van der Waals surface area contributed by atoms with Crippen LogP contribution >= 0.6 is 34.8 Å². The molecule has 0 unspecified atom stereocenters. The van der Waals surface area contributed by atoms with E-state index in [1.165, 1.54) is 43.3 Å². The fraction of sp³-hybridized carbons (Fsp3) is 0.310. The molecule has 0 spiro atoms. The van der Waals surface area contributed by atoms with E-state index in [4.69, 9.17) is 34.8 Å². The number of sulfonamides is 1. The molecule has 3 aromatic carbocycles. The summed E-state index contributed by atoms with van der Waals surface area (Å²) < 4.78 is 69.2. The molecule has 2 amide bonds. The van der Waals surface area contributed by atoms with Gasteiger partial charge in [0, 0.05) is 27.7 Å². The van der Waals surface area contributed by atoms with Crippen molar-refractivity contribution in [1.82, 2.24) is 10.2 Å². The summed E-state index contributed by atoms with van der Waals surface area (Å²) in [5, 5.41) is 2.79. The van der Waals surface area contributed by atoms with Crippen molar-refractivity contribution in [2.24, 2.45) is 0 Å². The number of benzene rings is 3. The average Bonchev–Trinajstić information content (AvgIpc) is 2.90. The molecule has 14 heteroatoms. The van der Waals surface area contributed by atoms with E-state index in [1.807, 2.05) is 0 Å². The van der Waals surface area contributed by atoms with Gasteiger partial charge >= 0.3 is 6.18 Å². The molecule has 0 radical (unpaired) electrons. The summed E-state index contributed by atoms with van der Waals surface area (Å²) in [7, 11) is -4.65. The zero-order valence-corrected chi connectivity index (χ0v) is 26.6. The van der Waals surface area contributed by atoms with E-state index in [0.29, 0.717) is 16.4 Å². The lowest BCUT2D eigenvalue weighted by Crippen LogP contribution is -2.54. The fourth-order valence-corrected chi connectivity index (χ4v) is 6.26. The van der Waals surface area contributed by atoms with Crippen LogP contribution < -0.4 is 9.62 Å². The molecular weight excluding hydrogens is 650 g/mol. The predicted octanol–water partition coefficient (Wildman–Crippen LogP) is 7.19. The Morgan fingerprint density at radius 3 is 2.00 bits per heavy atom. The number of anilines is 1. The number of rotatable bonds is 9. The van der Waals surface area contributed by atoms with Crippen LogP contribution in [0.25, 0.3) is 0 Å². The molecule has 0 heterocycles. The largest absolute Gasteiger partial charge is 0.416 e. The Morgan fingerprint density at radius 2 is 1.47 bits per heavy atom. The topological polar surface area (TPSA) is 86.8 Å². The molecule has 0 aromatic heterocycles. The second kappa shape index (κ2) is 13.3. The summed E-state index contributed by atoms with van der Waals surface area (Å²) in [4.78, 5) is 28.0. The molecule has 1 N–H and O–H groups in total. The van der Waals surface area contributed by atoms with Gasteiger partial charge in [-0.3, -0.25) is 13.9 Å². The molecule has 3 aromatic rings. The molecule has 7 nitrogen and oxygen atoms in total. The standard InChI is InChI=1S/C29H29Cl3F3N3O4S/c1-18(27(40)36-28(2,3)4)37(16-21-22(30)11-8-12-23(21)31)26(39)17-38(43(41,42)20-9-6-5-7-10-20)25-15-19(29(33,34)35)13-14-24(25)32/h5-15,18H,16-17H2,1-4H3,(H,36,40)/t18-/m1/s1. The highest BCUT2D eigenvalue weighted by Crippen LogP contribution is 2.37. The van der Waals surface area contributed by atoms with Gasteiger partial charge in [-0.25, -0.2) is 8.42 Å². The van der Waals surface area contributed by atoms with Gasteiger partial charge in [0.25, 0.3) is 10.0 Å². The average molecular weight is 679 g/mol. The van der Waals surface area contributed by atoms with Crippen LogP contribution in [-0.2, 0) is 32.3 Å². The quantitative estimate of drug-likeness (QED) is 0.260. The lowest BCUT2D eigenvalue weighted by atomic mass is 10.1. The Balaban J connectivity index is 2.17. The van der Waals surface area contributed by atoms with Crippen LogP contribution in [0.15, 0.2) is 71.6 Å². The summed E-state index contributed by atoms with van der Waals surface area (Å²) in [6.07, 6.45) is -4.84. The van der Waals surface area contributed by atoms with E-state index in [1.54, 1.807) is 32.9 Å². The molecule has 0 saturated carbocycles. The maximum Gasteiger partial charge on any atom is 0.416 e. The van der Waals surface area contributed by atoms with Gasteiger partial charge in [-0.05, 0) is 70.2 Å². The summed E-state index contributed by atoms with van der Waals surface area (Å²) >= 11 is 19.0. The number of nitrogens with zero attached hydrogens (tertiary/aromatic N) is 2. The molecule has 0 fully saturated rings. The van der Waals surface area contributed by atoms with Crippen LogP contribution in [0.4, 0.5) is 18.9 Å². The molecule has 0 aliphatic rings. The van der Waals surface area contributed by atoms with Crippen molar-refractivity contribution in [3.63, 3.8) is 0 Å². The molecular formula is C29H29Cl3F3N3O4S. The van der Waals surface area contributed by atoms with Crippen molar-refractivity contribution in [2.75, 3.05) is 10.8 Å². The Kier molecular flexibility index (Phi) is 10.7. The number of halogens is 6. The first-order valence-electron chi connectivity index (χ1n) is 12.8. The van der Waals surface area contributed by atoms with Crippen LogP contribution in [-0.4, -0.2) is 43.3 Å². The van der Waals surface area contributed by atoms with Gasteiger partial charge in [0.1, 0.15) is 12.6 Å². The van der Waals surface area contributed by atoms with Crippen molar-refractivity contribution in [2.45, 2.75) is 56.9 Å². The van der Waals surface area contributed by atoms with Crippen molar-refractivity contribution < 1.29 is 31.2 Å². The number of hydrogen-bond donors (Lipinski definition) is 1. The lowest BCUT2D eigenvalue weighted by Gasteiger charge is -2.34. The second-order valence-corrected chi connectivity index (χ2v) is 13.7. The van der Waals surface area contributed by atoms with Crippen molar-refractivity contribution in [1.29, 1.82) is 0 Å². The first-order chi connectivity index (χ1) is 19.8. The normalized spacial score (nSPS) is 12.9. The van der Waals surface area contributed by atoms with Gasteiger partial charge in [-0.2, -0.15) is 13.2 Å². The van der Waals surface area contributed by atoms with Gasteiger partial charge in [-0.15, -0.1) is 0 Å². The predicted molar refractivity (Wildman–Crippen MR) is 162 cm³/mol. The van der Waals surface area contributed by atoms with Gasteiger partial charge in [0.15, 0.2) is 0 Å². The first kappa shape index (κ1) is 34.5. The molecule has 43 heavy (non-hydrogen) atoms. The maximum absolute atomic E-state index is 14.0. The van der Waals surface area contributed by atoms with Crippen LogP contribution in [0.1, 0.15) is 38.8 Å². The Labute approximate surface area is 263 Å². The zero-order valence-electron chi connectivity index (χ0n) is 23.5. The molecule has 0 saturated heterocycles. The van der Waals surface area contributed by atoms with Crippen molar-refractivity contribution in [3.05, 3.63) is 92.9 Å². The molecule has 0 aliphatic heterocycles. The third kappa shape index (κ3) is 8.56. The van der Waals surface area contributed by atoms with Gasteiger partial charge in [0.05, 0.1) is 21.2 Å². The Morgan fingerprint density at radius 1 is 0.884 bits per heavy atom. The van der Waals surface area contributed by atoms with Gasteiger partial charge in [-0.1, -0.05) is 59.1 Å². The van der Waals surface area contributed by atoms with Crippen LogP contribution in [0, 0.1) is 0 Å². The third-order valence-electron chi connectivity index (χ3n) is 6.21. The monoisotopic (exact) mass is 677 g/mol. The van der Waals surface area contributed by atoms with Crippen LogP contribution in [0.2, 0.25) is 15.1 Å². The van der Waals surface area contributed by atoms with Gasteiger partial charge in [0.2, 0.25) is 11.8 Å². The van der Waals surface area contributed by atoms with E-state index < -0.39 is 57.4 Å². The fourth-order valence-electron chi connectivity index (χ4n) is 4.02. The second-order valence-electron chi connectivity index (χ2n) is 10.6. The highest BCUT2D eigenvalue weighted by atomic mass is 35.5. The number of carbonyl (C=O) groups is 2. The smallest absolute Gasteiger partial charge is 0.350 e. The molecule has 232 valence electrons. The molecule has 3 rings (SSSR count). The first-order valence-corrected chi connectivity index (χ1v) is 15.4. The van der Waals surface area contributed by atoms with E-state index in [2.05, 4.69) is 5.32 Å². The Hall–Kier alpha value is -2.99. The number of amides is 2. The van der Waals surface area contributed by atoms with Crippen LogP contribution in [0.5, 0.6) is 0 Å². The van der Waals surface area contributed by atoms with Gasteiger partial charge < -0.3 is 10.2 Å². The zero-order chi connectivity index (χ0) is 32.3. The summed E-state index contributed by atoms with van der Waals surface area (Å²) in [5.74, 6) is -1.50. The molecule has 0 aliphatic carbocycles. The van der Waals surface area contributed by atoms with E-state index in [9.17, 15) is 31.2 Å². The molecule has 1 atom stereocenters. The minimum Gasteiger partial charge on any atom is -0.350 e. The highest BCUT2D eigenvalue weighted by Gasteiger charge is 2.37. The SMILES string of the molecule is C[C@H](C(=O)NC(C)(C)C)N(Cc1c(Cl)cccc1Cl)C(=O)CN(c1cc(C(F)(F)F)ccc1Cl)S(=O)(=O)c1ccccc1. The van der Waals surface area contributed by atoms with E-state index in [-0.39, 0.29) is 32.1 Å². The Bertz CT molecular complexity index is 1580. The summed E-state index contributed by atoms with van der Waals surface area (Å²) in [6.45, 7) is 5.31. The van der Waals surface area contributed by atoms with Crippen LogP contribution in [0.3, 0.4) is 0 Å². The number of nitrogens with one attached hydrogen (secondary N) is 1. The molecule has 0 bridgehead atoms. The number of alkyl halides is 3.